The molecule has 1 rings (SSSR count). The molecule has 4 heteroatoms. The molecule has 0 saturated heterocycles. The van der Waals surface area contributed by atoms with Gasteiger partial charge in [0.1, 0.15) is 6.61 Å². The van der Waals surface area contributed by atoms with Crippen LogP contribution in [-0.2, 0) is 9.53 Å². The predicted molar refractivity (Wildman–Crippen MR) is 54.8 cm³/mol. The molecule has 0 spiro atoms. The van der Waals surface area contributed by atoms with Crippen LogP contribution in [0.15, 0.2) is 0 Å². The molecule has 1 fully saturated rings. The van der Waals surface area contributed by atoms with Gasteiger partial charge in [0.2, 0.25) is 5.91 Å². The number of likely N-dealkylation sites (N-methyl/N-ethyl adjacent to an activating group) is 1. The third-order valence-corrected chi connectivity index (χ3v) is 2.97. The maximum absolute atomic E-state index is 11.0. The van der Waals surface area contributed by atoms with Gasteiger partial charge in [-0.25, -0.2) is 0 Å². The minimum absolute atomic E-state index is 0.0858. The van der Waals surface area contributed by atoms with E-state index in [9.17, 15) is 4.79 Å². The summed E-state index contributed by atoms with van der Waals surface area (Å²) in [4.78, 5) is 11.0. The largest absolute Gasteiger partial charge is 0.364 e. The van der Waals surface area contributed by atoms with E-state index in [0.29, 0.717) is 12.5 Å². The van der Waals surface area contributed by atoms with Crippen molar-refractivity contribution in [2.24, 2.45) is 11.7 Å². The number of nitrogens with one attached hydrogen (secondary N) is 1. The molecular formula is C10H20N2O2. The molecule has 82 valence electrons. The normalized spacial score (nSPS) is 31.8. The van der Waals surface area contributed by atoms with Crippen LogP contribution in [0.3, 0.4) is 0 Å². The lowest BCUT2D eigenvalue weighted by Crippen LogP contribution is -2.41. The molecule has 14 heavy (non-hydrogen) atoms. The average molecular weight is 200 g/mol. The van der Waals surface area contributed by atoms with Gasteiger partial charge in [-0.15, -0.1) is 0 Å². The van der Waals surface area contributed by atoms with Crippen LogP contribution in [0.4, 0.5) is 0 Å². The lowest BCUT2D eigenvalue weighted by Gasteiger charge is -2.27. The van der Waals surface area contributed by atoms with Gasteiger partial charge in [-0.05, 0) is 25.2 Å². The van der Waals surface area contributed by atoms with Crippen molar-refractivity contribution in [2.45, 2.75) is 31.8 Å². The molecule has 0 bridgehead atoms. The van der Waals surface area contributed by atoms with Crippen LogP contribution in [0.2, 0.25) is 0 Å². The molecule has 0 aromatic rings. The number of nitrogens with two attached hydrogens (primary N) is 1. The molecule has 0 aromatic carbocycles. The summed E-state index contributed by atoms with van der Waals surface area (Å²) in [5.74, 6) is 0.570. The summed E-state index contributed by atoms with van der Waals surface area (Å²) in [7, 11) is 1.61. The van der Waals surface area contributed by atoms with E-state index in [2.05, 4.69) is 12.2 Å². The fourth-order valence-electron chi connectivity index (χ4n) is 2.01. The van der Waals surface area contributed by atoms with Gasteiger partial charge in [0.15, 0.2) is 0 Å². The first kappa shape index (κ1) is 11.5. The Bertz CT molecular complexity index is 208. The molecular weight excluding hydrogens is 180 g/mol. The second-order valence-electron chi connectivity index (χ2n) is 4.20. The summed E-state index contributed by atoms with van der Waals surface area (Å²) < 4.78 is 5.63. The third-order valence-electron chi connectivity index (χ3n) is 2.97. The number of carbonyl (C=O) groups is 1. The highest BCUT2D eigenvalue weighted by atomic mass is 16.5. The first-order valence-electron chi connectivity index (χ1n) is 5.16. The zero-order valence-corrected chi connectivity index (χ0v) is 9.01. The molecule has 0 aliphatic heterocycles. The second-order valence-corrected chi connectivity index (χ2v) is 4.20. The molecule has 1 amide bonds. The lowest BCUT2D eigenvalue weighted by molar-refractivity contribution is -0.132. The molecule has 1 aliphatic carbocycles. The molecule has 2 unspecified atom stereocenters. The summed E-state index contributed by atoms with van der Waals surface area (Å²) in [6, 6.07) is 0. The number of hydrogen-bond donors (Lipinski definition) is 2. The summed E-state index contributed by atoms with van der Waals surface area (Å²) >= 11 is 0. The van der Waals surface area contributed by atoms with Gasteiger partial charge in [-0.1, -0.05) is 6.92 Å². The summed E-state index contributed by atoms with van der Waals surface area (Å²) in [6.45, 7) is 2.83. The third kappa shape index (κ3) is 2.69. The quantitative estimate of drug-likeness (QED) is 0.684. The van der Waals surface area contributed by atoms with Crippen molar-refractivity contribution in [3.63, 3.8) is 0 Å². The van der Waals surface area contributed by atoms with E-state index in [-0.39, 0.29) is 18.1 Å². The number of hydrogen-bond acceptors (Lipinski definition) is 3. The van der Waals surface area contributed by atoms with E-state index >= 15 is 0 Å². The van der Waals surface area contributed by atoms with Crippen LogP contribution < -0.4 is 11.1 Å². The van der Waals surface area contributed by atoms with Gasteiger partial charge in [0.25, 0.3) is 0 Å². The van der Waals surface area contributed by atoms with E-state index < -0.39 is 0 Å². The molecule has 1 aliphatic rings. The van der Waals surface area contributed by atoms with Crippen LogP contribution >= 0.6 is 0 Å². The first-order valence-corrected chi connectivity index (χ1v) is 5.16. The SMILES string of the molecule is CNC(=O)COC1(CN)CCC(C)C1. The monoisotopic (exact) mass is 200 g/mol. The highest BCUT2D eigenvalue weighted by Crippen LogP contribution is 2.36. The Hall–Kier alpha value is -0.610. The Kier molecular flexibility index (Phi) is 3.89. The standard InChI is InChI=1S/C10H20N2O2/c1-8-3-4-10(5-8,7-11)14-6-9(13)12-2/h8H,3-7,11H2,1-2H3,(H,12,13). The van der Waals surface area contributed by atoms with Crippen molar-refractivity contribution in [3.8, 4) is 0 Å². The topological polar surface area (TPSA) is 64.3 Å². The molecule has 4 nitrogen and oxygen atoms in total. The van der Waals surface area contributed by atoms with Gasteiger partial charge in [-0.3, -0.25) is 4.79 Å². The minimum atomic E-state index is -0.244. The lowest BCUT2D eigenvalue weighted by atomic mass is 10.0. The van der Waals surface area contributed by atoms with Crippen LogP contribution in [0.1, 0.15) is 26.2 Å². The fraction of sp³-hybridized carbons (Fsp3) is 0.900. The summed E-state index contributed by atoms with van der Waals surface area (Å²) in [6.07, 6.45) is 3.09. The Morgan fingerprint density at radius 3 is 2.86 bits per heavy atom. The summed E-state index contributed by atoms with van der Waals surface area (Å²) in [5, 5.41) is 2.54. The highest BCUT2D eigenvalue weighted by Gasteiger charge is 2.37. The molecule has 0 radical (unpaired) electrons. The van der Waals surface area contributed by atoms with E-state index in [1.54, 1.807) is 7.05 Å². The number of rotatable bonds is 4. The van der Waals surface area contributed by atoms with Gasteiger partial charge < -0.3 is 15.8 Å². The Morgan fingerprint density at radius 2 is 2.43 bits per heavy atom. The van der Waals surface area contributed by atoms with Crippen molar-refractivity contribution < 1.29 is 9.53 Å². The fourth-order valence-corrected chi connectivity index (χ4v) is 2.01. The van der Waals surface area contributed by atoms with Gasteiger partial charge in [0.05, 0.1) is 5.60 Å². The molecule has 0 aromatic heterocycles. The molecule has 2 atom stereocenters. The minimum Gasteiger partial charge on any atom is -0.364 e. The second kappa shape index (κ2) is 4.75. The first-order chi connectivity index (χ1) is 6.62. The van der Waals surface area contributed by atoms with Crippen LogP contribution in [0.25, 0.3) is 0 Å². The van der Waals surface area contributed by atoms with Crippen LogP contribution in [-0.4, -0.2) is 31.7 Å². The Labute approximate surface area is 85.2 Å². The zero-order chi connectivity index (χ0) is 10.6. The number of amides is 1. The summed E-state index contributed by atoms with van der Waals surface area (Å²) in [5.41, 5.74) is 5.46. The van der Waals surface area contributed by atoms with Gasteiger partial charge in [0, 0.05) is 13.6 Å². The van der Waals surface area contributed by atoms with E-state index in [4.69, 9.17) is 10.5 Å². The van der Waals surface area contributed by atoms with Crippen molar-refractivity contribution in [1.29, 1.82) is 0 Å². The smallest absolute Gasteiger partial charge is 0.245 e. The maximum atomic E-state index is 11.0. The van der Waals surface area contributed by atoms with Crippen molar-refractivity contribution in [3.05, 3.63) is 0 Å². The Morgan fingerprint density at radius 1 is 1.71 bits per heavy atom. The van der Waals surface area contributed by atoms with Gasteiger partial charge >= 0.3 is 0 Å². The molecule has 3 N–H and O–H groups in total. The predicted octanol–water partition coefficient (Wildman–Crippen LogP) is 0.267. The van der Waals surface area contributed by atoms with Crippen molar-refractivity contribution >= 4 is 5.91 Å². The number of ether oxygens (including phenoxy) is 1. The van der Waals surface area contributed by atoms with Crippen molar-refractivity contribution in [2.75, 3.05) is 20.2 Å². The van der Waals surface area contributed by atoms with Gasteiger partial charge in [-0.2, -0.15) is 0 Å². The zero-order valence-electron chi connectivity index (χ0n) is 9.01. The van der Waals surface area contributed by atoms with E-state index in [1.165, 1.54) is 0 Å². The highest BCUT2D eigenvalue weighted by molar-refractivity contribution is 5.76. The number of carbonyl (C=O) groups excluding carboxylic acids is 1. The van der Waals surface area contributed by atoms with Crippen LogP contribution in [0.5, 0.6) is 0 Å². The maximum Gasteiger partial charge on any atom is 0.245 e. The average Bonchev–Trinajstić information content (AvgIpc) is 2.57. The van der Waals surface area contributed by atoms with E-state index in [1.807, 2.05) is 0 Å². The Balaban J connectivity index is 2.42. The van der Waals surface area contributed by atoms with Crippen molar-refractivity contribution in [1.82, 2.24) is 5.32 Å². The van der Waals surface area contributed by atoms with E-state index in [0.717, 1.165) is 19.3 Å². The molecule has 1 saturated carbocycles. The molecule has 0 heterocycles. The van der Waals surface area contributed by atoms with Crippen LogP contribution in [0, 0.1) is 5.92 Å².